The van der Waals surface area contributed by atoms with Gasteiger partial charge in [-0.15, -0.1) is 0 Å². The third-order valence-electron chi connectivity index (χ3n) is 3.32. The molecule has 0 saturated carbocycles. The van der Waals surface area contributed by atoms with Gasteiger partial charge in [0.25, 0.3) is 0 Å². The van der Waals surface area contributed by atoms with Crippen LogP contribution < -0.4 is 11.1 Å². The molecule has 0 spiro atoms. The second-order valence-electron chi connectivity index (χ2n) is 4.81. The molecule has 1 aliphatic heterocycles. The third-order valence-corrected chi connectivity index (χ3v) is 3.32. The summed E-state index contributed by atoms with van der Waals surface area (Å²) in [6.07, 6.45) is 1.52. The zero-order valence-corrected chi connectivity index (χ0v) is 11.5. The molecule has 0 radical (unpaired) electrons. The molecule has 8 nitrogen and oxygen atoms in total. The van der Waals surface area contributed by atoms with Crippen LogP contribution in [0, 0.1) is 5.92 Å². The van der Waals surface area contributed by atoms with Crippen LogP contribution in [-0.2, 0) is 14.3 Å². The number of nitrogens with two attached hydrogens (primary N) is 1. The monoisotopic (exact) mass is 287 g/mol. The fourth-order valence-electron chi connectivity index (χ4n) is 2.13. The van der Waals surface area contributed by atoms with Gasteiger partial charge < -0.3 is 25.8 Å². The first-order valence-corrected chi connectivity index (χ1v) is 6.52. The maximum Gasteiger partial charge on any atom is 0.326 e. The van der Waals surface area contributed by atoms with Crippen molar-refractivity contribution < 1.29 is 24.2 Å². The molecule has 0 bridgehead atoms. The normalized spacial score (nSPS) is 20.2. The topological polar surface area (TPSA) is 122 Å². The molecule has 0 aromatic carbocycles. The standard InChI is InChI=1S/C12H21N3O5/c1-20-6-4-9(11(17)18)14-12(19)15-5-2-3-8(7-15)10(13)16/h8-9H,2-7H2,1H3,(H2,13,16)(H,14,19)(H,17,18). The Bertz CT molecular complexity index is 374. The van der Waals surface area contributed by atoms with Crippen LogP contribution in [0.1, 0.15) is 19.3 Å². The van der Waals surface area contributed by atoms with Crippen molar-refractivity contribution in [3.63, 3.8) is 0 Å². The van der Waals surface area contributed by atoms with E-state index in [9.17, 15) is 14.4 Å². The van der Waals surface area contributed by atoms with Gasteiger partial charge in [-0.1, -0.05) is 0 Å². The maximum absolute atomic E-state index is 12.0. The number of piperidine rings is 1. The fourth-order valence-corrected chi connectivity index (χ4v) is 2.13. The van der Waals surface area contributed by atoms with Crippen LogP contribution in [-0.4, -0.2) is 60.8 Å². The van der Waals surface area contributed by atoms with Crippen LogP contribution in [0.2, 0.25) is 0 Å². The van der Waals surface area contributed by atoms with E-state index in [2.05, 4.69) is 5.32 Å². The van der Waals surface area contributed by atoms with Crippen molar-refractivity contribution in [3.8, 4) is 0 Å². The Hall–Kier alpha value is -1.83. The van der Waals surface area contributed by atoms with Crippen LogP contribution in [0.25, 0.3) is 0 Å². The summed E-state index contributed by atoms with van der Waals surface area (Å²) >= 11 is 0. The lowest BCUT2D eigenvalue weighted by Crippen LogP contribution is -2.52. The third kappa shape index (κ3) is 4.69. The lowest BCUT2D eigenvalue weighted by molar-refractivity contribution is -0.139. The van der Waals surface area contributed by atoms with Crippen molar-refractivity contribution >= 4 is 17.9 Å². The summed E-state index contributed by atoms with van der Waals surface area (Å²) in [5.41, 5.74) is 5.24. The van der Waals surface area contributed by atoms with E-state index >= 15 is 0 Å². The summed E-state index contributed by atoms with van der Waals surface area (Å²) in [6.45, 7) is 0.963. The lowest BCUT2D eigenvalue weighted by Gasteiger charge is -2.32. The predicted octanol–water partition coefficient (Wildman–Crippen LogP) is -0.617. The molecule has 1 fully saturated rings. The molecule has 1 heterocycles. The van der Waals surface area contributed by atoms with Crippen molar-refractivity contribution in [2.75, 3.05) is 26.8 Å². The minimum Gasteiger partial charge on any atom is -0.480 e. The molecule has 4 N–H and O–H groups in total. The maximum atomic E-state index is 12.0. The highest BCUT2D eigenvalue weighted by atomic mass is 16.5. The van der Waals surface area contributed by atoms with Gasteiger partial charge >= 0.3 is 12.0 Å². The van der Waals surface area contributed by atoms with E-state index in [4.69, 9.17) is 15.6 Å². The lowest BCUT2D eigenvalue weighted by atomic mass is 9.98. The van der Waals surface area contributed by atoms with Crippen molar-refractivity contribution in [1.29, 1.82) is 0 Å². The van der Waals surface area contributed by atoms with Gasteiger partial charge in [-0.2, -0.15) is 0 Å². The van der Waals surface area contributed by atoms with E-state index in [1.807, 2.05) is 0 Å². The van der Waals surface area contributed by atoms with Gasteiger partial charge in [0.2, 0.25) is 5.91 Å². The van der Waals surface area contributed by atoms with Gasteiger partial charge in [-0.05, 0) is 12.8 Å². The van der Waals surface area contributed by atoms with E-state index in [1.165, 1.54) is 12.0 Å². The number of hydrogen-bond acceptors (Lipinski definition) is 4. The van der Waals surface area contributed by atoms with Crippen LogP contribution in [0.4, 0.5) is 4.79 Å². The van der Waals surface area contributed by atoms with Gasteiger partial charge in [-0.3, -0.25) is 4.79 Å². The number of ether oxygens (including phenoxy) is 1. The Morgan fingerprint density at radius 1 is 1.50 bits per heavy atom. The number of carboxylic acids is 1. The molecule has 1 saturated heterocycles. The Balaban J connectivity index is 2.55. The Kier molecular flexibility index (Phi) is 6.23. The molecule has 0 aromatic heterocycles. The summed E-state index contributed by atoms with van der Waals surface area (Å²) in [5, 5.41) is 11.5. The summed E-state index contributed by atoms with van der Waals surface area (Å²) in [6, 6.07) is -1.49. The largest absolute Gasteiger partial charge is 0.480 e. The number of likely N-dealkylation sites (tertiary alicyclic amines) is 1. The van der Waals surface area contributed by atoms with Crippen molar-refractivity contribution in [3.05, 3.63) is 0 Å². The summed E-state index contributed by atoms with van der Waals surface area (Å²) < 4.78 is 4.81. The molecule has 1 aliphatic rings. The average molecular weight is 287 g/mol. The number of aliphatic carboxylic acids is 1. The number of carboxylic acid groups (broad SMARTS) is 1. The first-order valence-electron chi connectivity index (χ1n) is 6.52. The van der Waals surface area contributed by atoms with Crippen molar-refractivity contribution in [2.24, 2.45) is 11.7 Å². The molecule has 20 heavy (non-hydrogen) atoms. The Labute approximate surface area is 117 Å². The van der Waals surface area contributed by atoms with E-state index < -0.39 is 23.9 Å². The number of nitrogens with zero attached hydrogens (tertiary/aromatic N) is 1. The van der Waals surface area contributed by atoms with Gasteiger partial charge in [0, 0.05) is 33.2 Å². The minimum atomic E-state index is -1.11. The van der Waals surface area contributed by atoms with Crippen LogP contribution in [0.5, 0.6) is 0 Å². The van der Waals surface area contributed by atoms with Crippen LogP contribution in [0.15, 0.2) is 0 Å². The molecule has 1 rings (SSSR count). The molecular formula is C12H21N3O5. The van der Waals surface area contributed by atoms with Gasteiger partial charge in [0.1, 0.15) is 6.04 Å². The second-order valence-corrected chi connectivity index (χ2v) is 4.81. The van der Waals surface area contributed by atoms with Crippen LogP contribution in [0.3, 0.4) is 0 Å². The van der Waals surface area contributed by atoms with Gasteiger partial charge in [0.05, 0.1) is 5.92 Å². The summed E-state index contributed by atoms with van der Waals surface area (Å²) in [7, 11) is 1.46. The van der Waals surface area contributed by atoms with Gasteiger partial charge in [0.15, 0.2) is 0 Å². The molecule has 0 aromatic rings. The number of hydrogen-bond donors (Lipinski definition) is 3. The van der Waals surface area contributed by atoms with E-state index in [1.54, 1.807) is 0 Å². The first kappa shape index (κ1) is 16.2. The van der Waals surface area contributed by atoms with Crippen molar-refractivity contribution in [2.45, 2.75) is 25.3 Å². The SMILES string of the molecule is COCCC(NC(=O)N1CCCC(C(N)=O)C1)C(=O)O. The molecule has 2 atom stereocenters. The molecule has 2 unspecified atom stereocenters. The number of amides is 3. The Morgan fingerprint density at radius 2 is 2.20 bits per heavy atom. The predicted molar refractivity (Wildman–Crippen MR) is 69.9 cm³/mol. The summed E-state index contributed by atoms with van der Waals surface area (Å²) in [5.74, 6) is -1.91. The molecule has 3 amide bonds. The number of nitrogens with one attached hydrogen (secondary N) is 1. The first-order chi connectivity index (χ1) is 9.45. The second kappa shape index (κ2) is 7.68. The summed E-state index contributed by atoms with van der Waals surface area (Å²) in [4.78, 5) is 35.6. The number of carbonyl (C=O) groups is 3. The number of urea groups is 1. The molecule has 0 aliphatic carbocycles. The fraction of sp³-hybridized carbons (Fsp3) is 0.750. The molecular weight excluding hydrogens is 266 g/mol. The van der Waals surface area contributed by atoms with Gasteiger partial charge in [-0.25, -0.2) is 9.59 Å². The quantitative estimate of drug-likeness (QED) is 0.601. The number of primary amides is 1. The van der Waals surface area contributed by atoms with E-state index in [0.717, 1.165) is 0 Å². The zero-order chi connectivity index (χ0) is 15.1. The number of rotatable bonds is 6. The number of carbonyl (C=O) groups excluding carboxylic acids is 2. The van der Waals surface area contributed by atoms with E-state index in [0.29, 0.717) is 19.4 Å². The van der Waals surface area contributed by atoms with Crippen LogP contribution >= 0.6 is 0 Å². The smallest absolute Gasteiger partial charge is 0.326 e. The molecule has 8 heteroatoms. The highest BCUT2D eigenvalue weighted by Crippen LogP contribution is 2.16. The molecule has 114 valence electrons. The van der Waals surface area contributed by atoms with Crippen molar-refractivity contribution in [1.82, 2.24) is 10.2 Å². The minimum absolute atomic E-state index is 0.185. The highest BCUT2D eigenvalue weighted by molar-refractivity contribution is 5.83. The zero-order valence-electron chi connectivity index (χ0n) is 11.5. The average Bonchev–Trinajstić information content (AvgIpc) is 2.42. The van der Waals surface area contributed by atoms with E-state index in [-0.39, 0.29) is 25.5 Å². The number of methoxy groups -OCH3 is 1. The highest BCUT2D eigenvalue weighted by Gasteiger charge is 2.29. The Morgan fingerprint density at radius 3 is 2.75 bits per heavy atom.